The number of nitrogen functional groups attached to an aromatic ring is 1. The number of nitrogens with one attached hydrogen (secondary N) is 2. The molecular formula is C22H27ClN8O2S. The maximum atomic E-state index is 12.9. The van der Waals surface area contributed by atoms with Gasteiger partial charge in [0.25, 0.3) is 5.91 Å². The quantitative estimate of drug-likeness (QED) is 0.392. The third kappa shape index (κ3) is 5.91. The van der Waals surface area contributed by atoms with Crippen LogP contribution < -0.4 is 16.4 Å². The molecule has 34 heavy (non-hydrogen) atoms. The van der Waals surface area contributed by atoms with E-state index in [0.29, 0.717) is 38.7 Å². The summed E-state index contributed by atoms with van der Waals surface area (Å²) in [5, 5.41) is 14.6. The summed E-state index contributed by atoms with van der Waals surface area (Å²) in [6.07, 6.45) is 2.93. The number of halogens is 1. The van der Waals surface area contributed by atoms with E-state index in [1.54, 1.807) is 13.1 Å². The first-order chi connectivity index (χ1) is 16.0. The van der Waals surface area contributed by atoms with Gasteiger partial charge >= 0.3 is 0 Å². The number of hydrogen-bond donors (Lipinski definition) is 3. The Kier molecular flexibility index (Phi) is 7.90. The monoisotopic (exact) mass is 502 g/mol. The number of nitrogens with two attached hydrogens (primary N) is 1. The van der Waals surface area contributed by atoms with Crippen molar-refractivity contribution in [1.29, 1.82) is 0 Å². The Morgan fingerprint density at radius 3 is 2.62 bits per heavy atom. The van der Waals surface area contributed by atoms with Crippen molar-refractivity contribution < 1.29 is 9.59 Å². The molecule has 0 saturated heterocycles. The molecule has 3 heterocycles. The summed E-state index contributed by atoms with van der Waals surface area (Å²) in [6.45, 7) is 8.25. The molecule has 3 rings (SSSR count). The topological polar surface area (TPSA) is 149 Å². The predicted octanol–water partition coefficient (Wildman–Crippen LogP) is 3.60. The van der Waals surface area contributed by atoms with Crippen molar-refractivity contribution in [3.8, 4) is 0 Å². The number of amides is 1. The van der Waals surface area contributed by atoms with E-state index in [2.05, 4.69) is 35.8 Å². The minimum Gasteiger partial charge on any atom is -0.383 e. The molecular weight excluding hydrogens is 476 g/mol. The lowest BCUT2D eigenvalue weighted by Crippen LogP contribution is -2.17. The molecule has 3 aromatic rings. The smallest absolute Gasteiger partial charge is 0.268 e. The Bertz CT molecular complexity index is 1210. The Morgan fingerprint density at radius 1 is 1.21 bits per heavy atom. The van der Waals surface area contributed by atoms with E-state index in [1.807, 2.05) is 27.7 Å². The number of ketones is 1. The van der Waals surface area contributed by atoms with Crippen LogP contribution in [0.4, 0.5) is 11.6 Å². The molecule has 0 spiro atoms. The van der Waals surface area contributed by atoms with Crippen molar-refractivity contribution >= 4 is 46.3 Å². The maximum absolute atomic E-state index is 12.9. The molecule has 0 aliphatic rings. The third-order valence-corrected chi connectivity index (χ3v) is 6.56. The number of rotatable bonds is 8. The SMILES string of the molecule is CNCc1c(N)ncnc1C(=O)CC(C)c1ncc(C(=O)Nc2cc(C(C)(C)C)c(Cl)nn2)s1. The number of Topliss-reactive ketones (excluding diaryl/α,β-unsaturated/α-hetero) is 1. The fourth-order valence-corrected chi connectivity index (χ4v) is 4.48. The van der Waals surface area contributed by atoms with Gasteiger partial charge in [0.2, 0.25) is 0 Å². The molecule has 180 valence electrons. The van der Waals surface area contributed by atoms with E-state index >= 15 is 0 Å². The van der Waals surface area contributed by atoms with Crippen molar-refractivity contribution in [3.63, 3.8) is 0 Å². The van der Waals surface area contributed by atoms with Crippen LogP contribution in [0.1, 0.15) is 76.3 Å². The van der Waals surface area contributed by atoms with Gasteiger partial charge in [-0.1, -0.05) is 39.3 Å². The van der Waals surface area contributed by atoms with Gasteiger partial charge in [-0.05, 0) is 18.5 Å². The normalized spacial score (nSPS) is 12.4. The Labute approximate surface area is 206 Å². The predicted molar refractivity (Wildman–Crippen MR) is 132 cm³/mol. The summed E-state index contributed by atoms with van der Waals surface area (Å²) in [7, 11) is 1.75. The highest BCUT2D eigenvalue weighted by molar-refractivity contribution is 7.13. The second-order valence-corrected chi connectivity index (χ2v) is 10.3. The highest BCUT2D eigenvalue weighted by Crippen LogP contribution is 2.30. The van der Waals surface area contributed by atoms with Crippen LogP contribution in [0.5, 0.6) is 0 Å². The number of hydrogen-bond acceptors (Lipinski definition) is 10. The number of nitrogens with zero attached hydrogens (tertiary/aromatic N) is 5. The van der Waals surface area contributed by atoms with Crippen LogP contribution in [0.2, 0.25) is 5.15 Å². The van der Waals surface area contributed by atoms with Gasteiger partial charge in [-0.25, -0.2) is 15.0 Å². The van der Waals surface area contributed by atoms with Gasteiger partial charge < -0.3 is 16.4 Å². The molecule has 0 bridgehead atoms. The highest BCUT2D eigenvalue weighted by atomic mass is 35.5. The second kappa shape index (κ2) is 10.5. The summed E-state index contributed by atoms with van der Waals surface area (Å²) in [4.78, 5) is 38.5. The molecule has 4 N–H and O–H groups in total. The van der Waals surface area contributed by atoms with Gasteiger partial charge in [0.05, 0.1) is 11.2 Å². The molecule has 0 saturated carbocycles. The number of thiazole rings is 1. The van der Waals surface area contributed by atoms with E-state index < -0.39 is 0 Å². The van der Waals surface area contributed by atoms with Crippen LogP contribution in [0.15, 0.2) is 18.6 Å². The van der Waals surface area contributed by atoms with Gasteiger partial charge in [0.1, 0.15) is 22.7 Å². The zero-order valence-electron chi connectivity index (χ0n) is 19.6. The standard InChI is InChI=1S/C22H27ClN8O2S/c1-11(6-14(32)17-12(8-25-5)19(24)28-10-27-17)21-26-9-15(34-21)20(33)29-16-7-13(22(2,3)4)18(23)31-30-16/h7,9-11,25H,6,8H2,1-5H3,(H2,24,27,28)(H,29,30,33). The summed E-state index contributed by atoms with van der Waals surface area (Å²) in [6, 6.07) is 1.71. The molecule has 0 radical (unpaired) electrons. The molecule has 12 heteroatoms. The lowest BCUT2D eigenvalue weighted by molar-refractivity contribution is 0.0968. The first-order valence-electron chi connectivity index (χ1n) is 10.6. The highest BCUT2D eigenvalue weighted by Gasteiger charge is 2.23. The largest absolute Gasteiger partial charge is 0.383 e. The number of carbonyl (C=O) groups excluding carboxylic acids is 2. The summed E-state index contributed by atoms with van der Waals surface area (Å²) in [5.41, 5.74) is 7.29. The molecule has 0 aromatic carbocycles. The van der Waals surface area contributed by atoms with Gasteiger partial charge in [-0.15, -0.1) is 21.5 Å². The fourth-order valence-electron chi connectivity index (χ4n) is 3.24. The van der Waals surface area contributed by atoms with Crippen LogP contribution in [-0.4, -0.2) is 43.9 Å². The van der Waals surface area contributed by atoms with Crippen LogP contribution in [0, 0.1) is 0 Å². The average molecular weight is 503 g/mol. The van der Waals surface area contributed by atoms with Crippen LogP contribution in [0.3, 0.4) is 0 Å². The molecule has 1 atom stereocenters. The van der Waals surface area contributed by atoms with Crippen LogP contribution >= 0.6 is 22.9 Å². The lowest BCUT2D eigenvalue weighted by atomic mass is 9.88. The minimum atomic E-state index is -0.362. The zero-order valence-corrected chi connectivity index (χ0v) is 21.2. The molecule has 3 aromatic heterocycles. The van der Waals surface area contributed by atoms with Crippen molar-refractivity contribution in [2.45, 2.75) is 52.0 Å². The van der Waals surface area contributed by atoms with Crippen LogP contribution in [-0.2, 0) is 12.0 Å². The van der Waals surface area contributed by atoms with Crippen molar-refractivity contribution in [2.75, 3.05) is 18.1 Å². The summed E-state index contributed by atoms with van der Waals surface area (Å²) >= 11 is 7.37. The molecule has 10 nitrogen and oxygen atoms in total. The van der Waals surface area contributed by atoms with E-state index in [-0.39, 0.29) is 35.3 Å². The van der Waals surface area contributed by atoms with E-state index in [9.17, 15) is 9.59 Å². The zero-order chi connectivity index (χ0) is 25.0. The van der Waals surface area contributed by atoms with Gasteiger partial charge in [-0.2, -0.15) is 0 Å². The fraction of sp³-hybridized carbons (Fsp3) is 0.409. The Hall–Kier alpha value is -3.02. The van der Waals surface area contributed by atoms with Crippen molar-refractivity contribution in [2.24, 2.45) is 0 Å². The molecule has 1 unspecified atom stereocenters. The second-order valence-electron chi connectivity index (χ2n) is 8.85. The average Bonchev–Trinajstić information content (AvgIpc) is 3.26. The number of aromatic nitrogens is 5. The molecule has 0 aliphatic heterocycles. The molecule has 0 fully saturated rings. The van der Waals surface area contributed by atoms with Crippen molar-refractivity contribution in [1.82, 2.24) is 30.5 Å². The first kappa shape index (κ1) is 25.6. The van der Waals surface area contributed by atoms with E-state index in [0.717, 1.165) is 5.56 Å². The third-order valence-electron chi connectivity index (χ3n) is 5.06. The lowest BCUT2D eigenvalue weighted by Gasteiger charge is -2.20. The maximum Gasteiger partial charge on any atom is 0.268 e. The summed E-state index contributed by atoms with van der Waals surface area (Å²) < 4.78 is 0. The Morgan fingerprint density at radius 2 is 1.94 bits per heavy atom. The van der Waals surface area contributed by atoms with Crippen LogP contribution in [0.25, 0.3) is 0 Å². The Balaban J connectivity index is 1.71. The van der Waals surface area contributed by atoms with Gasteiger partial charge in [0, 0.05) is 30.0 Å². The molecule has 0 aliphatic carbocycles. The van der Waals surface area contributed by atoms with E-state index in [1.165, 1.54) is 23.9 Å². The number of carbonyl (C=O) groups is 2. The molecule has 1 amide bonds. The van der Waals surface area contributed by atoms with Gasteiger partial charge in [0.15, 0.2) is 16.8 Å². The summed E-state index contributed by atoms with van der Waals surface area (Å²) in [5.74, 6) is -0.178. The minimum absolute atomic E-state index is 0.166. The van der Waals surface area contributed by atoms with Gasteiger partial charge in [-0.3, -0.25) is 9.59 Å². The first-order valence-corrected chi connectivity index (χ1v) is 11.8. The van der Waals surface area contributed by atoms with Crippen molar-refractivity contribution in [3.05, 3.63) is 50.4 Å². The van der Waals surface area contributed by atoms with E-state index in [4.69, 9.17) is 17.3 Å². The number of anilines is 2.